The normalized spacial score (nSPS) is 10.5. The maximum Gasteiger partial charge on any atom is 0.167 e. The van der Waals surface area contributed by atoms with Gasteiger partial charge in [0.1, 0.15) is 17.2 Å². The van der Waals surface area contributed by atoms with Gasteiger partial charge in [-0.15, -0.1) is 0 Å². The number of nitrogen functional groups attached to an aromatic ring is 1. The van der Waals surface area contributed by atoms with Crippen molar-refractivity contribution < 1.29 is 19.7 Å². The number of carbonyl (C=O) groups is 1. The van der Waals surface area contributed by atoms with Gasteiger partial charge in [0, 0.05) is 55.3 Å². The number of aryl methyl sites for hydroxylation is 2. The summed E-state index contributed by atoms with van der Waals surface area (Å²) in [5.41, 5.74) is 10.7. The van der Waals surface area contributed by atoms with Crippen LogP contribution in [0.5, 0.6) is 17.2 Å². The number of phenols is 2. The first-order valence-electron chi connectivity index (χ1n) is 11.8. The number of aromatic nitrogens is 4. The fraction of sp³-hybridized carbons (Fsp3) is 0.138. The lowest BCUT2D eigenvalue weighted by Gasteiger charge is -2.09. The fourth-order valence-corrected chi connectivity index (χ4v) is 4.02. The summed E-state index contributed by atoms with van der Waals surface area (Å²) in [7, 11) is 5.20. The first-order valence-corrected chi connectivity index (χ1v) is 11.8. The van der Waals surface area contributed by atoms with E-state index in [1.807, 2.05) is 32.3 Å². The zero-order valence-electron chi connectivity index (χ0n) is 21.4. The van der Waals surface area contributed by atoms with Gasteiger partial charge in [0.15, 0.2) is 5.78 Å². The van der Waals surface area contributed by atoms with Crippen molar-refractivity contribution in [2.75, 3.05) is 12.8 Å². The number of phenolic OH excluding ortho intramolecular Hbond substituents is 2. The van der Waals surface area contributed by atoms with Crippen LogP contribution in [0.3, 0.4) is 0 Å². The van der Waals surface area contributed by atoms with E-state index in [2.05, 4.69) is 10.2 Å². The van der Waals surface area contributed by atoms with E-state index in [1.54, 1.807) is 83.5 Å². The van der Waals surface area contributed by atoms with Crippen LogP contribution in [-0.4, -0.2) is 42.7 Å². The minimum atomic E-state index is -0.00412. The molecule has 5 aromatic rings. The van der Waals surface area contributed by atoms with Gasteiger partial charge in [-0.25, -0.2) is 0 Å². The molecule has 0 saturated carbocycles. The van der Waals surface area contributed by atoms with Crippen LogP contribution in [0.1, 0.15) is 15.9 Å². The second-order valence-corrected chi connectivity index (χ2v) is 8.64. The number of rotatable bonds is 6. The molecule has 0 fully saturated rings. The van der Waals surface area contributed by atoms with Gasteiger partial charge in [0.25, 0.3) is 0 Å². The molecule has 9 heteroatoms. The Bertz CT molecular complexity index is 1570. The average Bonchev–Trinajstić information content (AvgIpc) is 3.54. The van der Waals surface area contributed by atoms with E-state index in [0.717, 1.165) is 17.0 Å². The average molecular weight is 512 g/mol. The summed E-state index contributed by atoms with van der Waals surface area (Å²) in [5.74, 6) is 1.02. The number of benzene rings is 3. The van der Waals surface area contributed by atoms with Crippen LogP contribution in [0.2, 0.25) is 0 Å². The van der Waals surface area contributed by atoms with E-state index in [1.165, 1.54) is 0 Å². The number of nitrogens with two attached hydrogens (primary N) is 1. The molecule has 0 bridgehead atoms. The Hall–Kier alpha value is -5.05. The molecular weight excluding hydrogens is 482 g/mol. The van der Waals surface area contributed by atoms with Crippen molar-refractivity contribution in [2.24, 2.45) is 14.1 Å². The Morgan fingerprint density at radius 1 is 0.842 bits per heavy atom. The highest BCUT2D eigenvalue weighted by molar-refractivity contribution is 5.98. The fourth-order valence-electron chi connectivity index (χ4n) is 4.02. The van der Waals surface area contributed by atoms with Crippen LogP contribution in [0.25, 0.3) is 22.5 Å². The summed E-state index contributed by atoms with van der Waals surface area (Å²) in [6, 6.07) is 20.9. The molecule has 3 aromatic carbocycles. The quantitative estimate of drug-likeness (QED) is 0.173. The molecule has 9 nitrogen and oxygen atoms in total. The Morgan fingerprint density at radius 3 is 2.03 bits per heavy atom. The van der Waals surface area contributed by atoms with E-state index in [-0.39, 0.29) is 23.7 Å². The van der Waals surface area contributed by atoms with Gasteiger partial charge in [0.05, 0.1) is 18.5 Å². The van der Waals surface area contributed by atoms with Gasteiger partial charge in [-0.2, -0.15) is 10.2 Å². The van der Waals surface area contributed by atoms with Crippen molar-refractivity contribution in [2.45, 2.75) is 6.42 Å². The maximum atomic E-state index is 12.5. The molecule has 5 rings (SSSR count). The Balaban J connectivity index is 0.000000204. The van der Waals surface area contributed by atoms with Crippen LogP contribution in [-0.2, 0) is 20.5 Å². The second kappa shape index (κ2) is 11.3. The first kappa shape index (κ1) is 26.0. The van der Waals surface area contributed by atoms with Crippen LogP contribution in [0, 0.1) is 0 Å². The molecule has 194 valence electrons. The molecule has 0 saturated heterocycles. The molecule has 38 heavy (non-hydrogen) atoms. The number of ketones is 1. The maximum absolute atomic E-state index is 12.5. The van der Waals surface area contributed by atoms with E-state index < -0.39 is 0 Å². The minimum Gasteiger partial charge on any atom is -0.507 e. The largest absolute Gasteiger partial charge is 0.507 e. The van der Waals surface area contributed by atoms with Crippen molar-refractivity contribution in [3.8, 4) is 39.8 Å². The molecule has 0 aliphatic carbocycles. The molecule has 2 aromatic heterocycles. The topological polar surface area (TPSA) is 128 Å². The summed E-state index contributed by atoms with van der Waals surface area (Å²) in [6.45, 7) is 0. The minimum absolute atomic E-state index is 0.00412. The lowest BCUT2D eigenvalue weighted by molar-refractivity contribution is 0.0992. The highest BCUT2D eigenvalue weighted by Gasteiger charge is 2.13. The number of anilines is 1. The number of nitrogens with zero attached hydrogens (tertiary/aromatic N) is 4. The number of hydrogen-bond donors (Lipinski definition) is 3. The number of carbonyl (C=O) groups excluding carboxylic acids is 1. The highest BCUT2D eigenvalue weighted by atomic mass is 16.5. The third kappa shape index (κ3) is 5.84. The predicted molar refractivity (Wildman–Crippen MR) is 146 cm³/mol. The number of Topliss-reactive ketones (excluding diaryl/α,β-unsaturated/α-hetero) is 1. The first-order chi connectivity index (χ1) is 18.3. The monoisotopic (exact) mass is 511 g/mol. The van der Waals surface area contributed by atoms with Gasteiger partial charge >= 0.3 is 0 Å². The smallest absolute Gasteiger partial charge is 0.167 e. The third-order valence-corrected chi connectivity index (χ3v) is 6.03. The van der Waals surface area contributed by atoms with Gasteiger partial charge in [-0.3, -0.25) is 14.2 Å². The van der Waals surface area contributed by atoms with Crippen LogP contribution >= 0.6 is 0 Å². The van der Waals surface area contributed by atoms with E-state index >= 15 is 0 Å². The van der Waals surface area contributed by atoms with Gasteiger partial charge in [-0.05, 0) is 60.2 Å². The van der Waals surface area contributed by atoms with Gasteiger partial charge in [0.2, 0.25) is 0 Å². The van der Waals surface area contributed by atoms with Crippen molar-refractivity contribution in [1.82, 2.24) is 19.6 Å². The molecule has 0 radical (unpaired) electrons. The summed E-state index contributed by atoms with van der Waals surface area (Å²) < 4.78 is 8.53. The molecule has 0 aliphatic heterocycles. The lowest BCUT2D eigenvalue weighted by Crippen LogP contribution is -2.04. The predicted octanol–water partition coefficient (Wildman–Crippen LogP) is 4.60. The summed E-state index contributed by atoms with van der Waals surface area (Å²) >= 11 is 0. The molecule has 0 aliphatic rings. The number of aromatic hydroxyl groups is 2. The lowest BCUT2D eigenvalue weighted by atomic mass is 9.99. The molecule has 0 spiro atoms. The molecule has 4 N–H and O–H groups in total. The van der Waals surface area contributed by atoms with Crippen molar-refractivity contribution in [3.63, 3.8) is 0 Å². The summed E-state index contributed by atoms with van der Waals surface area (Å²) in [5, 5.41) is 27.9. The standard InChI is InChI=1S/C19H18N2O3.C10H11N3O/c1-21-17(8-9-20-21)16-10-13(6-7-18(16)22)11-19(23)14-4-3-5-15(12-14)24-2;1-13-9(4-5-12-13)8-6-7(11)2-3-10(8)14/h3-10,12,22H,11H2,1-2H3;2-6,14H,11H2,1H3. The highest BCUT2D eigenvalue weighted by Crippen LogP contribution is 2.31. The van der Waals surface area contributed by atoms with Gasteiger partial charge in [-0.1, -0.05) is 18.2 Å². The van der Waals surface area contributed by atoms with Crippen molar-refractivity contribution in [1.29, 1.82) is 0 Å². The number of hydrogen-bond acceptors (Lipinski definition) is 7. The van der Waals surface area contributed by atoms with Crippen molar-refractivity contribution in [3.05, 3.63) is 96.3 Å². The SMILES string of the molecule is COc1cccc(C(=O)Cc2ccc(O)c(-c3ccnn3C)c2)c1.Cn1nccc1-c1cc(N)ccc1O. The van der Waals surface area contributed by atoms with E-state index in [0.29, 0.717) is 28.1 Å². The van der Waals surface area contributed by atoms with Crippen LogP contribution in [0.15, 0.2) is 85.2 Å². The zero-order valence-corrected chi connectivity index (χ0v) is 21.4. The van der Waals surface area contributed by atoms with Crippen LogP contribution in [0.4, 0.5) is 5.69 Å². The van der Waals surface area contributed by atoms with Crippen molar-refractivity contribution >= 4 is 11.5 Å². The summed E-state index contributed by atoms with van der Waals surface area (Å²) in [6.07, 6.45) is 3.60. The molecule has 2 heterocycles. The van der Waals surface area contributed by atoms with E-state index in [4.69, 9.17) is 10.5 Å². The number of methoxy groups -OCH3 is 1. The molecular formula is C29H29N5O4. The Kier molecular flexibility index (Phi) is 7.77. The Labute approximate surface area is 220 Å². The number of ether oxygens (including phenoxy) is 1. The molecule has 0 unspecified atom stereocenters. The summed E-state index contributed by atoms with van der Waals surface area (Å²) in [4.78, 5) is 12.5. The van der Waals surface area contributed by atoms with Crippen LogP contribution < -0.4 is 10.5 Å². The third-order valence-electron chi connectivity index (χ3n) is 6.03. The zero-order chi connectivity index (χ0) is 27.2. The second-order valence-electron chi connectivity index (χ2n) is 8.64. The van der Waals surface area contributed by atoms with E-state index in [9.17, 15) is 15.0 Å². The molecule has 0 atom stereocenters. The van der Waals surface area contributed by atoms with Gasteiger partial charge < -0.3 is 20.7 Å². The Morgan fingerprint density at radius 2 is 1.45 bits per heavy atom. The molecule has 0 amide bonds.